The van der Waals surface area contributed by atoms with E-state index in [2.05, 4.69) is 19.4 Å². The van der Waals surface area contributed by atoms with Crippen molar-refractivity contribution in [1.29, 1.82) is 0 Å². The van der Waals surface area contributed by atoms with Crippen molar-refractivity contribution in [2.24, 2.45) is 5.73 Å². The van der Waals surface area contributed by atoms with E-state index in [4.69, 9.17) is 10.2 Å². The highest BCUT2D eigenvalue weighted by molar-refractivity contribution is 7.16. The molecule has 0 spiro atoms. The second-order valence-corrected chi connectivity index (χ2v) is 6.16. The van der Waals surface area contributed by atoms with Crippen LogP contribution < -0.4 is 5.73 Å². The van der Waals surface area contributed by atoms with E-state index >= 15 is 0 Å². The highest BCUT2D eigenvalue weighted by Gasteiger charge is 2.28. The van der Waals surface area contributed by atoms with Gasteiger partial charge < -0.3 is 15.1 Å². The van der Waals surface area contributed by atoms with Gasteiger partial charge in [0.15, 0.2) is 0 Å². The van der Waals surface area contributed by atoms with Gasteiger partial charge in [-0.05, 0) is 24.7 Å². The third-order valence-corrected chi connectivity index (χ3v) is 4.72. The summed E-state index contributed by atoms with van der Waals surface area (Å²) in [5.41, 5.74) is 7.27. The van der Waals surface area contributed by atoms with E-state index in [0.717, 1.165) is 11.1 Å². The molecule has 1 aliphatic heterocycles. The molecule has 1 aromatic carbocycles. The molecule has 0 radical (unpaired) electrons. The maximum Gasteiger partial charge on any atom is 0.254 e. The van der Waals surface area contributed by atoms with Crippen LogP contribution in [0.25, 0.3) is 0 Å². The van der Waals surface area contributed by atoms with E-state index < -0.39 is 5.54 Å². The van der Waals surface area contributed by atoms with Gasteiger partial charge in [-0.25, -0.2) is 0 Å². The van der Waals surface area contributed by atoms with Crippen molar-refractivity contribution in [2.45, 2.75) is 25.4 Å². The second kappa shape index (κ2) is 5.78. The third kappa shape index (κ3) is 2.76. The number of carbonyl (C=O) groups is 1. The predicted molar refractivity (Wildman–Crippen MR) is 85.3 cm³/mol. The van der Waals surface area contributed by atoms with Crippen molar-refractivity contribution in [3.63, 3.8) is 0 Å². The van der Waals surface area contributed by atoms with Gasteiger partial charge in [-0.3, -0.25) is 4.79 Å². The molecule has 0 fully saturated rings. The Morgan fingerprint density at radius 2 is 2.18 bits per heavy atom. The Morgan fingerprint density at radius 1 is 1.41 bits per heavy atom. The summed E-state index contributed by atoms with van der Waals surface area (Å²) in [5, 5.41) is 8.03. The minimum absolute atomic E-state index is 0.0592. The second-order valence-electron chi connectivity index (χ2n) is 5.76. The lowest BCUT2D eigenvalue weighted by Crippen LogP contribution is -2.35. The van der Waals surface area contributed by atoms with Crippen molar-refractivity contribution >= 4 is 15.1 Å². The monoisotopic (exact) mass is 318 g/mol. The van der Waals surface area contributed by atoms with Gasteiger partial charge in [0.25, 0.3) is 5.91 Å². The lowest BCUT2D eigenvalue weighted by Gasteiger charge is -2.16. The maximum atomic E-state index is 12.3. The lowest BCUT2D eigenvalue weighted by molar-refractivity contribution is 0.0777. The van der Waals surface area contributed by atoms with Crippen LogP contribution in [-0.4, -0.2) is 33.7 Å². The van der Waals surface area contributed by atoms with E-state index in [0.29, 0.717) is 37.5 Å². The number of aromatic nitrogens is 2. The number of carbonyl (C=O) groups excluding carboxylic acids is 1. The van der Waals surface area contributed by atoms with Gasteiger partial charge in [-0.2, -0.15) is 0 Å². The molecule has 1 unspecified atom stereocenters. The van der Waals surface area contributed by atoms with Gasteiger partial charge in [0.2, 0.25) is 11.8 Å². The fourth-order valence-electron chi connectivity index (χ4n) is 2.40. The van der Waals surface area contributed by atoms with Gasteiger partial charge in [0.1, 0.15) is 0 Å². The summed E-state index contributed by atoms with van der Waals surface area (Å²) in [6, 6.07) is 7.68. The molecule has 2 aromatic rings. The summed E-state index contributed by atoms with van der Waals surface area (Å²) in [6.45, 7) is 3.03. The highest BCUT2D eigenvalue weighted by atomic mass is 31.0. The summed E-state index contributed by atoms with van der Waals surface area (Å²) in [4.78, 5) is 14.1. The number of amides is 1. The SMILES string of the molecule is C[C@@](N)(CP)c1nnc(CCN2Cc3ccccc3C2=O)o1. The fourth-order valence-corrected chi connectivity index (χ4v) is 2.57. The Morgan fingerprint density at radius 3 is 2.91 bits per heavy atom. The molecule has 7 heteroatoms. The Kier molecular flexibility index (Phi) is 3.98. The van der Waals surface area contributed by atoms with Gasteiger partial charge in [0.05, 0.1) is 5.54 Å². The fraction of sp³-hybridized carbons (Fsp3) is 0.400. The van der Waals surface area contributed by atoms with Gasteiger partial charge in [-0.15, -0.1) is 19.4 Å². The molecule has 22 heavy (non-hydrogen) atoms. The Balaban J connectivity index is 1.64. The molecule has 3 rings (SSSR count). The van der Waals surface area contributed by atoms with Crippen LogP contribution in [0.1, 0.15) is 34.6 Å². The Labute approximate surface area is 131 Å². The molecule has 2 N–H and O–H groups in total. The van der Waals surface area contributed by atoms with Crippen LogP contribution in [0.2, 0.25) is 0 Å². The molecule has 2 heterocycles. The average molecular weight is 318 g/mol. The van der Waals surface area contributed by atoms with Crippen LogP contribution in [0.4, 0.5) is 0 Å². The smallest absolute Gasteiger partial charge is 0.254 e. The highest BCUT2D eigenvalue weighted by Crippen LogP contribution is 2.23. The molecule has 1 aromatic heterocycles. The first-order chi connectivity index (χ1) is 10.5. The Hall–Kier alpha value is -1.78. The normalized spacial score (nSPS) is 16.7. The third-order valence-electron chi connectivity index (χ3n) is 3.87. The van der Waals surface area contributed by atoms with E-state index in [1.807, 2.05) is 31.2 Å². The average Bonchev–Trinajstić information content (AvgIpc) is 3.11. The molecular weight excluding hydrogens is 299 g/mol. The minimum Gasteiger partial charge on any atom is -0.423 e. The van der Waals surface area contributed by atoms with Crippen molar-refractivity contribution in [2.75, 3.05) is 12.7 Å². The Bertz CT molecular complexity index is 698. The predicted octanol–water partition coefficient (Wildman–Crippen LogP) is 1.32. The summed E-state index contributed by atoms with van der Waals surface area (Å²) >= 11 is 0. The number of nitrogens with zero attached hydrogens (tertiary/aromatic N) is 3. The van der Waals surface area contributed by atoms with E-state index in [9.17, 15) is 4.79 Å². The van der Waals surface area contributed by atoms with Crippen molar-refractivity contribution in [1.82, 2.24) is 15.1 Å². The van der Waals surface area contributed by atoms with Gasteiger partial charge in [-0.1, -0.05) is 18.2 Å². The van der Waals surface area contributed by atoms with E-state index in [1.54, 1.807) is 4.90 Å². The number of fused-ring (bicyclic) bond motifs is 1. The zero-order valence-corrected chi connectivity index (χ0v) is 13.6. The molecule has 0 aliphatic carbocycles. The minimum atomic E-state index is -0.643. The zero-order chi connectivity index (χ0) is 15.7. The molecule has 1 aliphatic rings. The van der Waals surface area contributed by atoms with Crippen molar-refractivity contribution < 1.29 is 9.21 Å². The largest absolute Gasteiger partial charge is 0.423 e. The summed E-state index contributed by atoms with van der Waals surface area (Å²) in [7, 11) is 2.58. The van der Waals surface area contributed by atoms with Crippen LogP contribution in [0, 0.1) is 0 Å². The van der Waals surface area contributed by atoms with Crippen LogP contribution in [0.15, 0.2) is 28.7 Å². The molecule has 0 saturated carbocycles. The van der Waals surface area contributed by atoms with Crippen LogP contribution in [0.3, 0.4) is 0 Å². The summed E-state index contributed by atoms with van der Waals surface area (Å²) < 4.78 is 5.61. The lowest BCUT2D eigenvalue weighted by atomic mass is 10.1. The van der Waals surface area contributed by atoms with E-state index in [1.165, 1.54) is 0 Å². The standard InChI is InChI=1S/C15H19N4O2P/c1-15(16,9-22)14-18-17-12(21-14)6-7-19-8-10-4-2-3-5-11(10)13(19)20/h2-5H,6-9,16,22H2,1H3/t15-/m1/s1. The summed E-state index contributed by atoms with van der Waals surface area (Å²) in [6.07, 6.45) is 1.16. The van der Waals surface area contributed by atoms with Crippen LogP contribution in [0.5, 0.6) is 0 Å². The van der Waals surface area contributed by atoms with Crippen molar-refractivity contribution in [3.8, 4) is 0 Å². The van der Waals surface area contributed by atoms with Gasteiger partial charge in [0, 0.05) is 25.1 Å². The molecule has 116 valence electrons. The maximum absolute atomic E-state index is 12.3. The van der Waals surface area contributed by atoms with Crippen molar-refractivity contribution in [3.05, 3.63) is 47.2 Å². The molecular formula is C15H19N4O2P. The quantitative estimate of drug-likeness (QED) is 0.840. The number of hydrogen-bond acceptors (Lipinski definition) is 5. The zero-order valence-electron chi connectivity index (χ0n) is 12.5. The molecule has 1 amide bonds. The van der Waals surface area contributed by atoms with Crippen LogP contribution in [-0.2, 0) is 18.5 Å². The number of benzene rings is 1. The number of rotatable bonds is 5. The first kappa shape index (κ1) is 15.1. The molecule has 6 nitrogen and oxygen atoms in total. The number of hydrogen-bond donors (Lipinski definition) is 1. The molecule has 0 bridgehead atoms. The number of nitrogens with two attached hydrogens (primary N) is 1. The first-order valence-electron chi connectivity index (χ1n) is 7.20. The first-order valence-corrected chi connectivity index (χ1v) is 8.02. The van der Waals surface area contributed by atoms with Crippen LogP contribution >= 0.6 is 9.24 Å². The molecule has 0 saturated heterocycles. The topological polar surface area (TPSA) is 85.2 Å². The van der Waals surface area contributed by atoms with Gasteiger partial charge >= 0.3 is 0 Å². The molecule has 2 atom stereocenters. The van der Waals surface area contributed by atoms with E-state index in [-0.39, 0.29) is 5.91 Å². The summed E-state index contributed by atoms with van der Waals surface area (Å²) in [5.74, 6) is 0.992.